The first-order valence-electron chi connectivity index (χ1n) is 6.38. The second-order valence-electron chi connectivity index (χ2n) is 4.96. The van der Waals surface area contributed by atoms with Gasteiger partial charge in [0, 0.05) is 18.6 Å². The van der Waals surface area contributed by atoms with Crippen molar-refractivity contribution in [3.05, 3.63) is 53.1 Å². The molecule has 0 aliphatic carbocycles. The van der Waals surface area contributed by atoms with Crippen LogP contribution in [0.1, 0.15) is 17.0 Å². The van der Waals surface area contributed by atoms with E-state index in [1.54, 1.807) is 0 Å². The topological polar surface area (TPSA) is 17.8 Å². The van der Waals surface area contributed by atoms with Gasteiger partial charge in [0.15, 0.2) is 0 Å². The number of hydrogen-bond donors (Lipinski definition) is 0. The van der Waals surface area contributed by atoms with Crippen molar-refractivity contribution in [3.8, 4) is 0 Å². The number of aryl methyl sites for hydroxylation is 2. The molecule has 0 spiro atoms. The lowest BCUT2D eigenvalue weighted by atomic mass is 9.96. The first-order chi connectivity index (χ1) is 9.08. The van der Waals surface area contributed by atoms with Crippen molar-refractivity contribution >= 4 is 11.6 Å². The molecule has 0 aliphatic heterocycles. The van der Waals surface area contributed by atoms with Crippen LogP contribution in [-0.4, -0.2) is 15.7 Å². The molecular weight excluding hydrogens is 263 g/mol. The third-order valence-corrected chi connectivity index (χ3v) is 3.69. The molecule has 1 aromatic carbocycles. The molecule has 102 valence electrons. The third kappa shape index (κ3) is 3.80. The molecule has 0 N–H and O–H groups in total. The molecule has 0 amide bonds. The molecule has 0 saturated carbocycles. The van der Waals surface area contributed by atoms with Gasteiger partial charge in [-0.15, -0.1) is 11.6 Å². The molecule has 2 nitrogen and oxygen atoms in total. The summed E-state index contributed by atoms with van der Waals surface area (Å²) in [6, 6.07) is 8.72. The Morgan fingerprint density at radius 3 is 2.47 bits per heavy atom. The number of alkyl halides is 1. The van der Waals surface area contributed by atoms with Crippen LogP contribution >= 0.6 is 11.6 Å². The molecule has 0 radical (unpaired) electrons. The van der Waals surface area contributed by atoms with Crippen LogP contribution in [0.5, 0.6) is 0 Å². The third-order valence-electron chi connectivity index (χ3n) is 3.25. The van der Waals surface area contributed by atoms with E-state index in [0.29, 0.717) is 11.8 Å². The summed E-state index contributed by atoms with van der Waals surface area (Å²) >= 11 is 6.05. The second kappa shape index (κ2) is 6.20. The Kier molecular flexibility index (Phi) is 4.59. The minimum Gasteiger partial charge on any atom is -0.272 e. The van der Waals surface area contributed by atoms with Gasteiger partial charge in [-0.1, -0.05) is 12.1 Å². The summed E-state index contributed by atoms with van der Waals surface area (Å²) in [6.07, 6.45) is 1.74. The van der Waals surface area contributed by atoms with Crippen molar-refractivity contribution in [2.75, 3.05) is 5.88 Å². The van der Waals surface area contributed by atoms with Crippen molar-refractivity contribution in [1.82, 2.24) is 9.78 Å². The second-order valence-corrected chi connectivity index (χ2v) is 5.26. The Balaban J connectivity index is 2.04. The Hall–Kier alpha value is -1.35. The summed E-state index contributed by atoms with van der Waals surface area (Å²) in [7, 11) is 1.95. The molecule has 1 unspecified atom stereocenters. The van der Waals surface area contributed by atoms with Gasteiger partial charge in [-0.3, -0.25) is 4.68 Å². The Morgan fingerprint density at radius 2 is 1.95 bits per heavy atom. The zero-order chi connectivity index (χ0) is 13.8. The number of hydrogen-bond acceptors (Lipinski definition) is 1. The fourth-order valence-electron chi connectivity index (χ4n) is 2.29. The maximum atomic E-state index is 12.9. The Morgan fingerprint density at radius 1 is 1.26 bits per heavy atom. The number of benzene rings is 1. The molecule has 0 bridgehead atoms. The molecule has 1 aromatic heterocycles. The lowest BCUT2D eigenvalue weighted by Crippen LogP contribution is -2.12. The smallest absolute Gasteiger partial charge is 0.123 e. The highest BCUT2D eigenvalue weighted by Crippen LogP contribution is 2.17. The highest BCUT2D eigenvalue weighted by Gasteiger charge is 2.13. The van der Waals surface area contributed by atoms with Crippen molar-refractivity contribution in [1.29, 1.82) is 0 Å². The van der Waals surface area contributed by atoms with E-state index in [2.05, 4.69) is 11.2 Å². The predicted octanol–water partition coefficient (Wildman–Crippen LogP) is 3.51. The van der Waals surface area contributed by atoms with Gasteiger partial charge in [0.2, 0.25) is 0 Å². The van der Waals surface area contributed by atoms with Gasteiger partial charge in [-0.25, -0.2) is 4.39 Å². The van der Waals surface area contributed by atoms with Gasteiger partial charge in [0.1, 0.15) is 5.82 Å². The number of halogens is 2. The SMILES string of the molecule is Cc1cc(CC(CCl)Cc2ccc(F)cc2)n(C)n1. The Labute approximate surface area is 118 Å². The maximum Gasteiger partial charge on any atom is 0.123 e. The van der Waals surface area contributed by atoms with Crippen LogP contribution in [0.2, 0.25) is 0 Å². The van der Waals surface area contributed by atoms with E-state index in [-0.39, 0.29) is 5.82 Å². The van der Waals surface area contributed by atoms with Gasteiger partial charge < -0.3 is 0 Å². The van der Waals surface area contributed by atoms with Crippen molar-refractivity contribution in [2.24, 2.45) is 13.0 Å². The van der Waals surface area contributed by atoms with Crippen LogP contribution in [0.25, 0.3) is 0 Å². The van der Waals surface area contributed by atoms with Crippen LogP contribution in [0, 0.1) is 18.7 Å². The first-order valence-corrected chi connectivity index (χ1v) is 6.92. The largest absolute Gasteiger partial charge is 0.272 e. The summed E-state index contributed by atoms with van der Waals surface area (Å²) in [5, 5.41) is 4.34. The molecule has 0 aliphatic rings. The lowest BCUT2D eigenvalue weighted by Gasteiger charge is -2.14. The van der Waals surface area contributed by atoms with E-state index in [4.69, 9.17) is 11.6 Å². The molecule has 0 saturated heterocycles. The van der Waals surface area contributed by atoms with E-state index in [0.717, 1.165) is 24.1 Å². The van der Waals surface area contributed by atoms with Gasteiger partial charge in [0.05, 0.1) is 5.69 Å². The number of aromatic nitrogens is 2. The van der Waals surface area contributed by atoms with E-state index in [1.165, 1.54) is 17.8 Å². The number of nitrogens with zero attached hydrogens (tertiary/aromatic N) is 2. The average molecular weight is 281 g/mol. The van der Waals surface area contributed by atoms with Gasteiger partial charge in [-0.2, -0.15) is 5.10 Å². The molecule has 1 heterocycles. The van der Waals surface area contributed by atoms with Crippen LogP contribution in [0.4, 0.5) is 4.39 Å². The van der Waals surface area contributed by atoms with E-state index >= 15 is 0 Å². The fourth-order valence-corrected chi connectivity index (χ4v) is 2.50. The zero-order valence-corrected chi connectivity index (χ0v) is 12.0. The highest BCUT2D eigenvalue weighted by atomic mass is 35.5. The molecule has 2 rings (SSSR count). The predicted molar refractivity (Wildman–Crippen MR) is 76.0 cm³/mol. The average Bonchev–Trinajstić information content (AvgIpc) is 2.69. The number of rotatable bonds is 5. The van der Waals surface area contributed by atoms with Crippen LogP contribution in [0.15, 0.2) is 30.3 Å². The maximum absolute atomic E-state index is 12.9. The fraction of sp³-hybridized carbons (Fsp3) is 0.400. The van der Waals surface area contributed by atoms with Gasteiger partial charge >= 0.3 is 0 Å². The van der Waals surface area contributed by atoms with E-state index < -0.39 is 0 Å². The minimum atomic E-state index is -0.201. The lowest BCUT2D eigenvalue weighted by molar-refractivity contribution is 0.550. The molecule has 1 atom stereocenters. The first kappa shape index (κ1) is 14.1. The minimum absolute atomic E-state index is 0.201. The quantitative estimate of drug-likeness (QED) is 0.767. The Bertz CT molecular complexity index is 534. The summed E-state index contributed by atoms with van der Waals surface area (Å²) in [5.74, 6) is 0.720. The highest BCUT2D eigenvalue weighted by molar-refractivity contribution is 6.18. The van der Waals surface area contributed by atoms with Crippen molar-refractivity contribution in [2.45, 2.75) is 19.8 Å². The summed E-state index contributed by atoms with van der Waals surface area (Å²) in [4.78, 5) is 0. The molecule has 0 fully saturated rings. The van der Waals surface area contributed by atoms with Gasteiger partial charge in [0.25, 0.3) is 0 Å². The summed E-state index contributed by atoms with van der Waals surface area (Å²) in [6.45, 7) is 1.99. The van der Waals surface area contributed by atoms with Crippen molar-refractivity contribution < 1.29 is 4.39 Å². The standard InChI is InChI=1S/C15H18ClFN2/c1-11-7-15(19(2)18-11)9-13(10-16)8-12-3-5-14(17)6-4-12/h3-7,13H,8-10H2,1-2H3. The molecular formula is C15H18ClFN2. The zero-order valence-electron chi connectivity index (χ0n) is 11.2. The summed E-state index contributed by atoms with van der Waals surface area (Å²) in [5.41, 5.74) is 3.32. The van der Waals surface area contributed by atoms with E-state index in [9.17, 15) is 4.39 Å². The molecule has 19 heavy (non-hydrogen) atoms. The van der Waals surface area contributed by atoms with Crippen molar-refractivity contribution in [3.63, 3.8) is 0 Å². The molecule has 4 heteroatoms. The van der Waals surface area contributed by atoms with Crippen LogP contribution < -0.4 is 0 Å². The van der Waals surface area contributed by atoms with Crippen LogP contribution in [-0.2, 0) is 19.9 Å². The monoisotopic (exact) mass is 280 g/mol. The van der Waals surface area contributed by atoms with Gasteiger partial charge in [-0.05, 0) is 49.4 Å². The molecule has 2 aromatic rings. The normalized spacial score (nSPS) is 12.6. The summed E-state index contributed by atoms with van der Waals surface area (Å²) < 4.78 is 14.8. The van der Waals surface area contributed by atoms with E-state index in [1.807, 2.05) is 30.8 Å². The van der Waals surface area contributed by atoms with Crippen LogP contribution in [0.3, 0.4) is 0 Å².